The van der Waals surface area contributed by atoms with E-state index in [4.69, 9.17) is 10.3 Å². The lowest BCUT2D eigenvalue weighted by atomic mass is 10.2. The van der Waals surface area contributed by atoms with E-state index in [9.17, 15) is 4.79 Å². The summed E-state index contributed by atoms with van der Waals surface area (Å²) < 4.78 is 5.02. The molecule has 0 saturated heterocycles. The first-order chi connectivity index (χ1) is 8.56. The van der Waals surface area contributed by atoms with Crippen LogP contribution in [0.5, 0.6) is 0 Å². The standard InChI is InChI=1S/C10H14N6O2/c1-5(2)10-13-8(16-18-10)4-12-9(17)6-3-7(11)15-14-6/h3,5H,4H2,1-2H3,(H,12,17)(H3,11,14,15). The summed E-state index contributed by atoms with van der Waals surface area (Å²) in [6.45, 7) is 4.08. The molecule has 0 aliphatic heterocycles. The number of nitrogens with one attached hydrogen (secondary N) is 2. The minimum Gasteiger partial charge on any atom is -0.382 e. The zero-order chi connectivity index (χ0) is 13.1. The average Bonchev–Trinajstić information content (AvgIpc) is 2.94. The van der Waals surface area contributed by atoms with Gasteiger partial charge in [0.05, 0.1) is 6.54 Å². The number of rotatable bonds is 4. The van der Waals surface area contributed by atoms with E-state index >= 15 is 0 Å². The quantitative estimate of drug-likeness (QED) is 0.723. The Kier molecular flexibility index (Phi) is 3.26. The molecular weight excluding hydrogens is 236 g/mol. The molecule has 0 unspecified atom stereocenters. The summed E-state index contributed by atoms with van der Waals surface area (Å²) in [5, 5.41) is 12.6. The Morgan fingerprint density at radius 2 is 2.39 bits per heavy atom. The van der Waals surface area contributed by atoms with Gasteiger partial charge >= 0.3 is 0 Å². The molecule has 0 spiro atoms. The molecule has 0 fully saturated rings. The molecule has 0 bridgehead atoms. The van der Waals surface area contributed by atoms with Crippen molar-refractivity contribution in [1.29, 1.82) is 0 Å². The maximum Gasteiger partial charge on any atom is 0.269 e. The fourth-order valence-electron chi connectivity index (χ4n) is 1.28. The van der Waals surface area contributed by atoms with Crippen molar-refractivity contribution < 1.29 is 9.32 Å². The van der Waals surface area contributed by atoms with Gasteiger partial charge in [-0.05, 0) is 0 Å². The molecule has 0 saturated carbocycles. The van der Waals surface area contributed by atoms with Gasteiger partial charge in [0.25, 0.3) is 5.91 Å². The van der Waals surface area contributed by atoms with Crippen LogP contribution in [0.25, 0.3) is 0 Å². The Morgan fingerprint density at radius 3 is 2.94 bits per heavy atom. The zero-order valence-corrected chi connectivity index (χ0v) is 10.1. The first kappa shape index (κ1) is 12.1. The minimum absolute atomic E-state index is 0.161. The van der Waals surface area contributed by atoms with Crippen molar-refractivity contribution in [3.8, 4) is 0 Å². The van der Waals surface area contributed by atoms with Crippen LogP contribution >= 0.6 is 0 Å². The van der Waals surface area contributed by atoms with Crippen LogP contribution < -0.4 is 11.1 Å². The number of H-pyrrole nitrogens is 1. The van der Waals surface area contributed by atoms with E-state index in [1.807, 2.05) is 13.8 Å². The van der Waals surface area contributed by atoms with Crippen molar-refractivity contribution in [2.45, 2.75) is 26.3 Å². The number of aromatic amines is 1. The molecule has 0 aliphatic carbocycles. The highest BCUT2D eigenvalue weighted by molar-refractivity contribution is 5.92. The molecule has 4 N–H and O–H groups in total. The van der Waals surface area contributed by atoms with Crippen LogP contribution in [0.2, 0.25) is 0 Å². The van der Waals surface area contributed by atoms with Gasteiger partial charge in [-0.2, -0.15) is 10.1 Å². The summed E-state index contributed by atoms with van der Waals surface area (Å²) in [4.78, 5) is 15.8. The molecule has 18 heavy (non-hydrogen) atoms. The van der Waals surface area contributed by atoms with Crippen LogP contribution in [0.15, 0.2) is 10.6 Å². The first-order valence-electron chi connectivity index (χ1n) is 5.48. The van der Waals surface area contributed by atoms with E-state index in [1.54, 1.807) is 0 Å². The van der Waals surface area contributed by atoms with Gasteiger partial charge in [0.2, 0.25) is 5.89 Å². The number of nitrogen functional groups attached to an aromatic ring is 1. The molecule has 2 aromatic heterocycles. The van der Waals surface area contributed by atoms with Gasteiger partial charge in [-0.3, -0.25) is 9.89 Å². The van der Waals surface area contributed by atoms with Crippen molar-refractivity contribution in [2.24, 2.45) is 0 Å². The lowest BCUT2D eigenvalue weighted by molar-refractivity contribution is 0.0944. The third-order valence-corrected chi connectivity index (χ3v) is 2.23. The van der Waals surface area contributed by atoms with E-state index in [-0.39, 0.29) is 24.2 Å². The molecule has 8 nitrogen and oxygen atoms in total. The number of carbonyl (C=O) groups excluding carboxylic acids is 1. The molecule has 0 aromatic carbocycles. The lowest BCUT2D eigenvalue weighted by Gasteiger charge is -1.98. The molecule has 2 aromatic rings. The Bertz CT molecular complexity index is 544. The number of nitrogens with zero attached hydrogens (tertiary/aromatic N) is 3. The number of carbonyl (C=O) groups is 1. The maximum atomic E-state index is 11.6. The third-order valence-electron chi connectivity index (χ3n) is 2.23. The van der Waals surface area contributed by atoms with Gasteiger partial charge in [0.15, 0.2) is 5.82 Å². The Labute approximate surface area is 103 Å². The molecule has 8 heteroatoms. The van der Waals surface area contributed by atoms with Crippen LogP contribution in [0, 0.1) is 0 Å². The summed E-state index contributed by atoms with van der Waals surface area (Å²) in [7, 11) is 0. The Hall–Kier alpha value is -2.38. The van der Waals surface area contributed by atoms with E-state index in [2.05, 4.69) is 25.7 Å². The maximum absolute atomic E-state index is 11.6. The average molecular weight is 250 g/mol. The van der Waals surface area contributed by atoms with Crippen LogP contribution in [0.3, 0.4) is 0 Å². The lowest BCUT2D eigenvalue weighted by Crippen LogP contribution is -2.23. The molecule has 1 amide bonds. The van der Waals surface area contributed by atoms with E-state index in [0.29, 0.717) is 17.4 Å². The molecule has 0 radical (unpaired) electrons. The van der Waals surface area contributed by atoms with Crippen LogP contribution in [-0.4, -0.2) is 26.2 Å². The van der Waals surface area contributed by atoms with Gasteiger partial charge in [-0.25, -0.2) is 0 Å². The largest absolute Gasteiger partial charge is 0.382 e. The molecule has 0 atom stereocenters. The summed E-state index contributed by atoms with van der Waals surface area (Å²) in [6.07, 6.45) is 0. The number of hydrogen-bond donors (Lipinski definition) is 3. The van der Waals surface area contributed by atoms with Crippen molar-refractivity contribution >= 4 is 11.7 Å². The zero-order valence-electron chi connectivity index (χ0n) is 10.1. The predicted molar refractivity (Wildman–Crippen MR) is 62.6 cm³/mol. The third kappa shape index (κ3) is 2.65. The van der Waals surface area contributed by atoms with Gasteiger partial charge < -0.3 is 15.6 Å². The molecular formula is C10H14N6O2. The second kappa shape index (κ2) is 4.86. The second-order valence-corrected chi connectivity index (χ2v) is 4.09. The minimum atomic E-state index is -0.324. The number of aromatic nitrogens is 4. The van der Waals surface area contributed by atoms with Crippen molar-refractivity contribution in [1.82, 2.24) is 25.7 Å². The van der Waals surface area contributed by atoms with E-state index in [1.165, 1.54) is 6.07 Å². The second-order valence-electron chi connectivity index (χ2n) is 4.09. The fourth-order valence-corrected chi connectivity index (χ4v) is 1.28. The van der Waals surface area contributed by atoms with Crippen LogP contribution in [-0.2, 0) is 6.54 Å². The van der Waals surface area contributed by atoms with Gasteiger partial charge in [0.1, 0.15) is 11.5 Å². The highest BCUT2D eigenvalue weighted by Gasteiger charge is 2.12. The van der Waals surface area contributed by atoms with Gasteiger partial charge in [-0.15, -0.1) is 0 Å². The molecule has 0 aliphatic rings. The van der Waals surface area contributed by atoms with Crippen molar-refractivity contribution in [3.05, 3.63) is 23.5 Å². The summed E-state index contributed by atoms with van der Waals surface area (Å²) in [5.74, 6) is 1.08. The van der Waals surface area contributed by atoms with E-state index in [0.717, 1.165) is 0 Å². The van der Waals surface area contributed by atoms with Gasteiger partial charge in [0, 0.05) is 12.0 Å². The fraction of sp³-hybridized carbons (Fsp3) is 0.400. The molecule has 2 rings (SSSR count). The van der Waals surface area contributed by atoms with E-state index < -0.39 is 0 Å². The highest BCUT2D eigenvalue weighted by Crippen LogP contribution is 2.10. The SMILES string of the molecule is CC(C)c1nc(CNC(=O)c2cc(N)n[nH]2)no1. The predicted octanol–water partition coefficient (Wildman–Crippen LogP) is 0.428. The van der Waals surface area contributed by atoms with Crippen molar-refractivity contribution in [2.75, 3.05) is 5.73 Å². The number of anilines is 1. The highest BCUT2D eigenvalue weighted by atomic mass is 16.5. The first-order valence-corrected chi connectivity index (χ1v) is 5.48. The smallest absolute Gasteiger partial charge is 0.269 e. The molecule has 96 valence electrons. The summed E-state index contributed by atoms with van der Waals surface area (Å²) in [5.41, 5.74) is 5.69. The number of nitrogens with two attached hydrogens (primary N) is 1. The summed E-state index contributed by atoms with van der Waals surface area (Å²) in [6, 6.07) is 1.45. The van der Waals surface area contributed by atoms with Crippen LogP contribution in [0.1, 0.15) is 42.0 Å². The number of hydrogen-bond acceptors (Lipinski definition) is 6. The topological polar surface area (TPSA) is 123 Å². The Morgan fingerprint density at radius 1 is 1.61 bits per heavy atom. The summed E-state index contributed by atoms with van der Waals surface area (Å²) >= 11 is 0. The normalized spacial score (nSPS) is 10.8. The van der Waals surface area contributed by atoms with Crippen molar-refractivity contribution in [3.63, 3.8) is 0 Å². The van der Waals surface area contributed by atoms with Gasteiger partial charge in [-0.1, -0.05) is 19.0 Å². The number of amides is 1. The molecule has 2 heterocycles. The Balaban J connectivity index is 1.93. The van der Waals surface area contributed by atoms with Crippen LogP contribution in [0.4, 0.5) is 5.82 Å². The monoisotopic (exact) mass is 250 g/mol.